The number of carbonyl (C=O) groups is 2. The highest BCUT2D eigenvalue weighted by atomic mass is 32.2. The predicted molar refractivity (Wildman–Crippen MR) is 112 cm³/mol. The van der Waals surface area contributed by atoms with Gasteiger partial charge in [-0.2, -0.15) is 4.68 Å². The summed E-state index contributed by atoms with van der Waals surface area (Å²) in [5, 5.41) is 12.4. The van der Waals surface area contributed by atoms with Crippen LogP contribution in [-0.4, -0.2) is 50.4 Å². The third-order valence-corrected chi connectivity index (χ3v) is 5.65. The topological polar surface area (TPSA) is 116 Å². The summed E-state index contributed by atoms with van der Waals surface area (Å²) in [6.07, 6.45) is -0.894. The first-order valence-electron chi connectivity index (χ1n) is 9.28. The van der Waals surface area contributed by atoms with Crippen molar-refractivity contribution in [3.8, 4) is 11.4 Å². The lowest BCUT2D eigenvalue weighted by Gasteiger charge is -2.33. The summed E-state index contributed by atoms with van der Waals surface area (Å²) >= 11 is 1.23. The largest absolute Gasteiger partial charge is 0.477 e. The normalized spacial score (nSPS) is 15.4. The zero-order chi connectivity index (χ0) is 21.3. The van der Waals surface area contributed by atoms with E-state index in [1.54, 1.807) is 28.9 Å². The first-order valence-corrected chi connectivity index (χ1v) is 10.3. The Hall–Kier alpha value is -3.40. The Kier molecular flexibility index (Phi) is 5.40. The number of aryl methyl sites for hydroxylation is 2. The average Bonchev–Trinajstić information content (AvgIpc) is 3.21. The molecular formula is C20H20N6O3S. The monoisotopic (exact) mass is 424 g/mol. The Morgan fingerprint density at radius 1 is 1.20 bits per heavy atom. The van der Waals surface area contributed by atoms with Gasteiger partial charge in [-0.25, -0.2) is 0 Å². The predicted octanol–water partition coefficient (Wildman–Crippen LogP) is 1.65. The van der Waals surface area contributed by atoms with Crippen LogP contribution in [0.4, 0.5) is 5.69 Å². The fourth-order valence-electron chi connectivity index (χ4n) is 3.19. The minimum absolute atomic E-state index is 0.0632. The molecule has 0 fully saturated rings. The summed E-state index contributed by atoms with van der Waals surface area (Å²) in [5.74, 6) is -0.275. The molecule has 1 aliphatic heterocycles. The smallest absolute Gasteiger partial charge is 0.260 e. The summed E-state index contributed by atoms with van der Waals surface area (Å²) < 4.78 is 7.24. The third-order valence-electron chi connectivity index (χ3n) is 4.75. The van der Waals surface area contributed by atoms with E-state index in [9.17, 15) is 9.59 Å². The van der Waals surface area contributed by atoms with Gasteiger partial charge in [0.25, 0.3) is 5.91 Å². The number of para-hydroxylation sites is 2. The number of rotatable bonds is 5. The van der Waals surface area contributed by atoms with Gasteiger partial charge in [0.05, 0.1) is 23.7 Å². The molecule has 0 saturated carbocycles. The molecule has 0 spiro atoms. The van der Waals surface area contributed by atoms with Crippen LogP contribution in [0, 0.1) is 13.8 Å². The molecule has 2 N–H and O–H groups in total. The molecule has 2 amide bonds. The molecule has 4 rings (SSSR count). The fraction of sp³-hybridized carbons (Fsp3) is 0.250. The van der Waals surface area contributed by atoms with E-state index in [1.165, 1.54) is 16.7 Å². The second-order valence-electron chi connectivity index (χ2n) is 6.93. The lowest BCUT2D eigenvalue weighted by atomic mass is 10.1. The molecule has 9 nitrogen and oxygen atoms in total. The van der Waals surface area contributed by atoms with Gasteiger partial charge in [0.1, 0.15) is 5.75 Å². The van der Waals surface area contributed by atoms with E-state index < -0.39 is 12.0 Å². The fourth-order valence-corrected chi connectivity index (χ4v) is 3.95. The van der Waals surface area contributed by atoms with E-state index in [1.807, 2.05) is 32.0 Å². The molecular weight excluding hydrogens is 404 g/mol. The maximum Gasteiger partial charge on any atom is 0.260 e. The summed E-state index contributed by atoms with van der Waals surface area (Å²) in [4.78, 5) is 26.2. The van der Waals surface area contributed by atoms with Gasteiger partial charge in [0, 0.05) is 0 Å². The van der Waals surface area contributed by atoms with Crippen LogP contribution < -0.4 is 15.4 Å². The highest BCUT2D eigenvalue weighted by Gasteiger charge is 2.32. The molecule has 0 radical (unpaired) electrons. The van der Waals surface area contributed by atoms with E-state index in [2.05, 4.69) is 15.5 Å². The van der Waals surface area contributed by atoms with E-state index in [0.717, 1.165) is 16.8 Å². The van der Waals surface area contributed by atoms with Crippen LogP contribution in [0.5, 0.6) is 5.75 Å². The van der Waals surface area contributed by atoms with Gasteiger partial charge in [-0.3, -0.25) is 9.59 Å². The number of hydrogen-bond acceptors (Lipinski definition) is 7. The number of primary amides is 1. The van der Waals surface area contributed by atoms with Crippen molar-refractivity contribution in [2.24, 2.45) is 5.73 Å². The number of anilines is 1. The molecule has 1 aliphatic rings. The Morgan fingerprint density at radius 2 is 2.00 bits per heavy atom. The molecule has 0 aliphatic carbocycles. The van der Waals surface area contributed by atoms with Crippen molar-refractivity contribution in [3.63, 3.8) is 0 Å². The number of nitrogens with two attached hydrogens (primary N) is 1. The average molecular weight is 424 g/mol. The Balaban J connectivity index is 1.54. The quantitative estimate of drug-likeness (QED) is 0.619. The van der Waals surface area contributed by atoms with Gasteiger partial charge in [0.15, 0.2) is 6.10 Å². The van der Waals surface area contributed by atoms with E-state index in [4.69, 9.17) is 10.5 Å². The third kappa shape index (κ3) is 3.86. The van der Waals surface area contributed by atoms with Crippen molar-refractivity contribution in [1.29, 1.82) is 0 Å². The molecule has 0 unspecified atom stereocenters. The van der Waals surface area contributed by atoms with Crippen LogP contribution in [-0.2, 0) is 9.59 Å². The van der Waals surface area contributed by atoms with Gasteiger partial charge in [-0.05, 0) is 53.6 Å². The number of ether oxygens (including phenoxy) is 1. The number of thioether (sulfide) groups is 1. The number of amides is 2. The van der Waals surface area contributed by atoms with Crippen molar-refractivity contribution in [2.45, 2.75) is 25.1 Å². The SMILES string of the molecule is Cc1ccc(C)c(-n2nnnc2SCC(=O)N2C[C@@H](C(N)=O)Oc3ccccc32)c1. The minimum atomic E-state index is -0.894. The summed E-state index contributed by atoms with van der Waals surface area (Å²) in [6, 6.07) is 13.1. The lowest BCUT2D eigenvalue weighted by Crippen LogP contribution is -2.49. The van der Waals surface area contributed by atoms with Gasteiger partial charge >= 0.3 is 0 Å². The maximum atomic E-state index is 13.0. The molecule has 0 bridgehead atoms. The zero-order valence-electron chi connectivity index (χ0n) is 16.5. The molecule has 10 heteroatoms. The van der Waals surface area contributed by atoms with E-state index >= 15 is 0 Å². The molecule has 2 aromatic carbocycles. The Morgan fingerprint density at radius 3 is 2.80 bits per heavy atom. The molecule has 3 aromatic rings. The van der Waals surface area contributed by atoms with Crippen molar-refractivity contribution < 1.29 is 14.3 Å². The van der Waals surface area contributed by atoms with E-state index in [0.29, 0.717) is 16.6 Å². The maximum absolute atomic E-state index is 13.0. The van der Waals surface area contributed by atoms with Gasteiger partial charge in [-0.15, -0.1) is 5.10 Å². The van der Waals surface area contributed by atoms with Crippen molar-refractivity contribution in [1.82, 2.24) is 20.2 Å². The first-order chi connectivity index (χ1) is 14.4. The van der Waals surface area contributed by atoms with Crippen LogP contribution in [0.1, 0.15) is 11.1 Å². The Labute approximate surface area is 177 Å². The van der Waals surface area contributed by atoms with Crippen LogP contribution in [0.25, 0.3) is 5.69 Å². The number of benzene rings is 2. The molecule has 154 valence electrons. The molecule has 1 aromatic heterocycles. The summed E-state index contributed by atoms with van der Waals surface area (Å²) in [7, 11) is 0. The molecule has 0 saturated heterocycles. The minimum Gasteiger partial charge on any atom is -0.477 e. The van der Waals surface area contributed by atoms with Crippen molar-refractivity contribution in [2.75, 3.05) is 17.2 Å². The highest BCUT2D eigenvalue weighted by Crippen LogP contribution is 2.34. The number of tetrazole rings is 1. The first kappa shape index (κ1) is 19.9. The standard InChI is InChI=1S/C20H20N6O3S/c1-12-7-8-13(2)15(9-12)26-20(22-23-24-26)30-11-18(27)25-10-17(19(21)28)29-16-6-4-3-5-14(16)25/h3-9,17H,10-11H2,1-2H3,(H2,21,28)/t17-/m0/s1. The van der Waals surface area contributed by atoms with Gasteiger partial charge in [0.2, 0.25) is 11.1 Å². The van der Waals surface area contributed by atoms with E-state index in [-0.39, 0.29) is 18.2 Å². The molecule has 1 atom stereocenters. The summed E-state index contributed by atoms with van der Waals surface area (Å²) in [5.41, 5.74) is 8.98. The second kappa shape index (κ2) is 8.15. The number of fused-ring (bicyclic) bond motifs is 1. The molecule has 2 heterocycles. The summed E-state index contributed by atoms with van der Waals surface area (Å²) in [6.45, 7) is 4.03. The van der Waals surface area contributed by atoms with Crippen LogP contribution in [0.15, 0.2) is 47.6 Å². The van der Waals surface area contributed by atoms with Crippen molar-refractivity contribution >= 4 is 29.3 Å². The number of nitrogens with zero attached hydrogens (tertiary/aromatic N) is 5. The lowest BCUT2D eigenvalue weighted by molar-refractivity contribution is -0.125. The number of hydrogen-bond donors (Lipinski definition) is 1. The highest BCUT2D eigenvalue weighted by molar-refractivity contribution is 7.99. The second-order valence-corrected chi connectivity index (χ2v) is 7.88. The van der Waals surface area contributed by atoms with Crippen LogP contribution >= 0.6 is 11.8 Å². The van der Waals surface area contributed by atoms with Crippen LogP contribution in [0.3, 0.4) is 0 Å². The number of aromatic nitrogens is 4. The van der Waals surface area contributed by atoms with Crippen molar-refractivity contribution in [3.05, 3.63) is 53.6 Å². The van der Waals surface area contributed by atoms with Gasteiger partial charge in [-0.1, -0.05) is 36.0 Å². The Bertz CT molecular complexity index is 1120. The number of carbonyl (C=O) groups excluding carboxylic acids is 2. The van der Waals surface area contributed by atoms with Gasteiger partial charge < -0.3 is 15.4 Å². The zero-order valence-corrected chi connectivity index (χ0v) is 17.3. The van der Waals surface area contributed by atoms with Crippen LogP contribution in [0.2, 0.25) is 0 Å². The molecule has 30 heavy (non-hydrogen) atoms.